The van der Waals surface area contributed by atoms with Crippen molar-refractivity contribution in [1.29, 1.82) is 0 Å². The van der Waals surface area contributed by atoms with Crippen molar-refractivity contribution < 1.29 is 19.7 Å². The third-order valence-electron chi connectivity index (χ3n) is 3.80. The van der Waals surface area contributed by atoms with Crippen molar-refractivity contribution >= 4 is 32.8 Å². The van der Waals surface area contributed by atoms with Crippen molar-refractivity contribution in [2.45, 2.75) is 18.8 Å². The van der Waals surface area contributed by atoms with E-state index in [-0.39, 0.29) is 13.2 Å². The molecule has 0 saturated carbocycles. The van der Waals surface area contributed by atoms with Crippen LogP contribution in [0.15, 0.2) is 48.5 Å². The molecular formula is C18H19N3O4S. The van der Waals surface area contributed by atoms with Crippen molar-refractivity contribution in [3.63, 3.8) is 0 Å². The Kier molecular flexibility index (Phi) is 5.67. The number of ether oxygens (including phenoxy) is 1. The van der Waals surface area contributed by atoms with Crippen molar-refractivity contribution in [3.8, 4) is 0 Å². The molecule has 0 saturated heterocycles. The van der Waals surface area contributed by atoms with Crippen LogP contribution in [0.25, 0.3) is 10.2 Å². The number of fused-ring (bicyclic) bond motifs is 1. The maximum atomic E-state index is 11.7. The summed E-state index contributed by atoms with van der Waals surface area (Å²) in [6.45, 7) is -0.00749. The van der Waals surface area contributed by atoms with Crippen LogP contribution in [0.1, 0.15) is 17.2 Å². The Labute approximate surface area is 154 Å². The minimum Gasteiger partial charge on any atom is -0.445 e. The lowest BCUT2D eigenvalue weighted by molar-refractivity contribution is 0.0185. The fourth-order valence-corrected chi connectivity index (χ4v) is 3.22. The molecule has 8 heteroatoms. The summed E-state index contributed by atoms with van der Waals surface area (Å²) in [5.41, 5.74) is 7.78. The van der Waals surface area contributed by atoms with E-state index in [1.54, 1.807) is 18.2 Å². The standard InChI is InChI=1S/C18H19N3O4S/c19-17-21-13-7-6-12(8-15(13)26-17)16(23)14(22)9-20-18(24)25-10-11-4-2-1-3-5-11/h1-8,14,16,22-23H,9-10H2,(H2,19,21)(H,20,24). The van der Waals surface area contributed by atoms with Crippen LogP contribution in [0.3, 0.4) is 0 Å². The van der Waals surface area contributed by atoms with Gasteiger partial charge in [0.25, 0.3) is 0 Å². The van der Waals surface area contributed by atoms with Gasteiger partial charge in [0.05, 0.1) is 10.2 Å². The first-order valence-corrected chi connectivity index (χ1v) is 8.81. The topological polar surface area (TPSA) is 118 Å². The first-order valence-electron chi connectivity index (χ1n) is 7.99. The number of nitrogen functional groups attached to an aromatic ring is 1. The molecule has 0 aliphatic heterocycles. The number of aliphatic hydroxyl groups is 2. The van der Waals surface area contributed by atoms with Gasteiger partial charge in [0, 0.05) is 6.54 Å². The molecule has 2 atom stereocenters. The largest absolute Gasteiger partial charge is 0.445 e. The fraction of sp³-hybridized carbons (Fsp3) is 0.222. The zero-order chi connectivity index (χ0) is 18.5. The van der Waals surface area contributed by atoms with Gasteiger partial charge in [0.1, 0.15) is 18.8 Å². The Balaban J connectivity index is 1.51. The first kappa shape index (κ1) is 18.1. The molecule has 136 valence electrons. The van der Waals surface area contributed by atoms with Crippen LogP contribution < -0.4 is 11.1 Å². The third-order valence-corrected chi connectivity index (χ3v) is 4.65. The van der Waals surface area contributed by atoms with Crippen LogP contribution >= 0.6 is 11.3 Å². The highest BCUT2D eigenvalue weighted by Crippen LogP contribution is 2.27. The van der Waals surface area contributed by atoms with E-state index in [1.807, 2.05) is 30.3 Å². The predicted octanol–water partition coefficient (Wildman–Crippen LogP) is 2.20. The average Bonchev–Trinajstić information content (AvgIpc) is 3.03. The summed E-state index contributed by atoms with van der Waals surface area (Å²) in [6.07, 6.45) is -3.00. The lowest BCUT2D eigenvalue weighted by Gasteiger charge is -2.18. The number of aromatic nitrogens is 1. The molecule has 0 bridgehead atoms. The number of alkyl carbamates (subject to hydrolysis) is 1. The van der Waals surface area contributed by atoms with Gasteiger partial charge in [-0.1, -0.05) is 47.7 Å². The average molecular weight is 373 g/mol. The highest BCUT2D eigenvalue weighted by Gasteiger charge is 2.20. The number of nitrogens with one attached hydrogen (secondary N) is 1. The Morgan fingerprint density at radius 3 is 2.77 bits per heavy atom. The predicted molar refractivity (Wildman–Crippen MR) is 99.6 cm³/mol. The van der Waals surface area contributed by atoms with Gasteiger partial charge >= 0.3 is 6.09 Å². The molecule has 3 rings (SSSR count). The number of hydrogen-bond acceptors (Lipinski definition) is 7. The van der Waals surface area contributed by atoms with Crippen LogP contribution in [0.5, 0.6) is 0 Å². The summed E-state index contributed by atoms with van der Waals surface area (Å²) in [5.74, 6) is 0. The van der Waals surface area contributed by atoms with E-state index in [4.69, 9.17) is 10.5 Å². The molecule has 3 aromatic rings. The molecule has 2 unspecified atom stereocenters. The smallest absolute Gasteiger partial charge is 0.407 e. The number of anilines is 1. The number of carbonyl (C=O) groups is 1. The van der Waals surface area contributed by atoms with E-state index in [0.29, 0.717) is 10.7 Å². The molecule has 26 heavy (non-hydrogen) atoms. The van der Waals surface area contributed by atoms with Crippen LogP contribution in [0, 0.1) is 0 Å². The van der Waals surface area contributed by atoms with Gasteiger partial charge in [-0.3, -0.25) is 0 Å². The van der Waals surface area contributed by atoms with Crippen molar-refractivity contribution in [2.75, 3.05) is 12.3 Å². The zero-order valence-electron chi connectivity index (χ0n) is 13.8. The summed E-state index contributed by atoms with van der Waals surface area (Å²) in [7, 11) is 0. The number of nitrogens with zero attached hydrogens (tertiary/aromatic N) is 1. The van der Waals surface area contributed by atoms with E-state index in [1.165, 1.54) is 11.3 Å². The van der Waals surface area contributed by atoms with Crippen LogP contribution in [-0.2, 0) is 11.3 Å². The van der Waals surface area contributed by atoms with Crippen molar-refractivity contribution in [3.05, 3.63) is 59.7 Å². The van der Waals surface area contributed by atoms with Crippen LogP contribution in [0.4, 0.5) is 9.93 Å². The SMILES string of the molecule is Nc1nc2ccc(C(O)C(O)CNC(=O)OCc3ccccc3)cc2s1. The molecule has 2 aromatic carbocycles. The van der Waals surface area contributed by atoms with E-state index >= 15 is 0 Å². The quantitative estimate of drug-likeness (QED) is 0.526. The number of benzene rings is 2. The Morgan fingerprint density at radius 2 is 2.00 bits per heavy atom. The maximum Gasteiger partial charge on any atom is 0.407 e. The van der Waals surface area contributed by atoms with E-state index in [9.17, 15) is 15.0 Å². The van der Waals surface area contributed by atoms with Gasteiger partial charge in [-0.15, -0.1) is 0 Å². The highest BCUT2D eigenvalue weighted by atomic mass is 32.1. The van der Waals surface area contributed by atoms with Gasteiger partial charge in [-0.25, -0.2) is 9.78 Å². The Bertz CT molecular complexity index is 885. The van der Waals surface area contributed by atoms with E-state index < -0.39 is 18.3 Å². The molecule has 0 radical (unpaired) electrons. The van der Waals surface area contributed by atoms with Crippen molar-refractivity contribution in [2.24, 2.45) is 0 Å². The second-order valence-corrected chi connectivity index (χ2v) is 6.80. The minimum atomic E-state index is -1.18. The molecular weight excluding hydrogens is 354 g/mol. The molecule has 7 nitrogen and oxygen atoms in total. The van der Waals surface area contributed by atoms with Gasteiger partial charge in [-0.2, -0.15) is 0 Å². The molecule has 1 aromatic heterocycles. The monoisotopic (exact) mass is 373 g/mol. The molecule has 1 amide bonds. The van der Waals surface area contributed by atoms with Gasteiger partial charge in [0.15, 0.2) is 5.13 Å². The molecule has 0 aliphatic rings. The Morgan fingerprint density at radius 1 is 1.23 bits per heavy atom. The summed E-state index contributed by atoms with van der Waals surface area (Å²) in [5, 5.41) is 23.3. The zero-order valence-corrected chi connectivity index (χ0v) is 14.6. The third kappa shape index (κ3) is 4.48. The number of carbonyl (C=O) groups excluding carboxylic acids is 1. The molecule has 0 spiro atoms. The molecule has 5 N–H and O–H groups in total. The van der Waals surface area contributed by atoms with Gasteiger partial charge in [-0.05, 0) is 23.3 Å². The molecule has 0 fully saturated rings. The summed E-state index contributed by atoms with van der Waals surface area (Å²) < 4.78 is 5.88. The number of rotatable bonds is 6. The fourth-order valence-electron chi connectivity index (χ4n) is 2.44. The normalized spacial score (nSPS) is 13.3. The number of aliphatic hydroxyl groups excluding tert-OH is 2. The van der Waals surface area contributed by atoms with Crippen molar-refractivity contribution in [1.82, 2.24) is 10.3 Å². The molecule has 0 aliphatic carbocycles. The van der Waals surface area contributed by atoms with E-state index in [2.05, 4.69) is 10.3 Å². The number of nitrogens with two attached hydrogens (primary N) is 1. The Hall–Kier alpha value is -2.68. The maximum absolute atomic E-state index is 11.7. The number of amides is 1. The molecule has 1 heterocycles. The second kappa shape index (κ2) is 8.13. The number of hydrogen-bond donors (Lipinski definition) is 4. The lowest BCUT2D eigenvalue weighted by Crippen LogP contribution is -2.35. The second-order valence-electron chi connectivity index (χ2n) is 5.73. The van der Waals surface area contributed by atoms with Gasteiger partial charge < -0.3 is 26.0 Å². The summed E-state index contributed by atoms with van der Waals surface area (Å²) in [4.78, 5) is 15.9. The summed E-state index contributed by atoms with van der Waals surface area (Å²) in [6, 6.07) is 14.4. The van der Waals surface area contributed by atoms with E-state index in [0.717, 1.165) is 15.8 Å². The van der Waals surface area contributed by atoms with Gasteiger partial charge in [0.2, 0.25) is 0 Å². The van der Waals surface area contributed by atoms with Crippen LogP contribution in [0.2, 0.25) is 0 Å². The van der Waals surface area contributed by atoms with Crippen LogP contribution in [-0.4, -0.2) is 33.9 Å². The summed E-state index contributed by atoms with van der Waals surface area (Å²) >= 11 is 1.30. The lowest BCUT2D eigenvalue weighted by atomic mass is 10.0. The minimum absolute atomic E-state index is 0.134. The highest BCUT2D eigenvalue weighted by molar-refractivity contribution is 7.22. The number of thiazole rings is 1. The first-order chi connectivity index (χ1) is 12.5.